The average molecular weight is 560 g/mol. The number of nitrogens with zero attached hydrogens (tertiary/aromatic N) is 3. The number of hydrogen-bond acceptors (Lipinski definition) is 8. The molecule has 4 heterocycles. The zero-order chi connectivity index (χ0) is 28.1. The molecule has 39 heavy (non-hydrogen) atoms. The number of aliphatic hydroxyl groups excluding tert-OH is 1. The number of pyridine rings is 1. The molecule has 0 bridgehead atoms. The molecule has 0 aliphatic carbocycles. The summed E-state index contributed by atoms with van der Waals surface area (Å²) in [5, 5.41) is 11.6. The predicted octanol–water partition coefficient (Wildman–Crippen LogP) is 3.78. The highest BCUT2D eigenvalue weighted by atomic mass is 35.5. The van der Waals surface area contributed by atoms with Crippen molar-refractivity contribution < 1.29 is 28.8 Å². The van der Waals surface area contributed by atoms with Gasteiger partial charge in [0.1, 0.15) is 11.9 Å². The van der Waals surface area contributed by atoms with Gasteiger partial charge >= 0.3 is 0 Å². The maximum Gasteiger partial charge on any atom is 0.254 e. The third kappa shape index (κ3) is 5.42. The van der Waals surface area contributed by atoms with Crippen molar-refractivity contribution >= 4 is 23.3 Å². The first kappa shape index (κ1) is 28.0. The molecule has 1 aromatic carbocycles. The summed E-state index contributed by atoms with van der Waals surface area (Å²) in [5.74, 6) is 1.10. The molecule has 3 fully saturated rings. The van der Waals surface area contributed by atoms with Crippen LogP contribution in [0.25, 0.3) is 0 Å². The molecule has 4 atom stereocenters. The van der Waals surface area contributed by atoms with Crippen LogP contribution < -0.4 is 14.4 Å². The van der Waals surface area contributed by atoms with Crippen molar-refractivity contribution in [3.05, 3.63) is 46.6 Å². The van der Waals surface area contributed by atoms with Crippen molar-refractivity contribution in [3.63, 3.8) is 0 Å². The van der Waals surface area contributed by atoms with Crippen molar-refractivity contribution in [2.24, 2.45) is 5.41 Å². The van der Waals surface area contributed by atoms with E-state index >= 15 is 0 Å². The first-order chi connectivity index (χ1) is 18.4. The molecule has 1 N–H and O–H groups in total. The van der Waals surface area contributed by atoms with E-state index in [1.807, 2.05) is 38.1 Å². The molecule has 1 amide bonds. The van der Waals surface area contributed by atoms with Gasteiger partial charge in [0.2, 0.25) is 0 Å². The fourth-order valence-electron chi connectivity index (χ4n) is 5.65. The number of aromatic nitrogens is 1. The largest absolute Gasteiger partial charge is 0.493 e. The van der Waals surface area contributed by atoms with Crippen LogP contribution in [-0.4, -0.2) is 84.9 Å². The number of amides is 1. The number of likely N-dealkylation sites (tertiary alicyclic amines) is 1. The van der Waals surface area contributed by atoms with E-state index in [1.165, 1.54) is 0 Å². The molecule has 1 unspecified atom stereocenters. The van der Waals surface area contributed by atoms with Crippen molar-refractivity contribution in [3.8, 4) is 11.5 Å². The summed E-state index contributed by atoms with van der Waals surface area (Å²) in [6.45, 7) is 11.8. The standard InChI is InChI=1S/C29H38ClN3O6/c1-17-11-31-26(10-22(17)30)32-12-20(13-32)38-24-9-19(7-8-23(24)36-6)21-14-33(16-29(21,5)18(2)34)27(35)25-15-37-28(3,4)39-25/h7-11,18,20-21,25,34H,12-16H2,1-6H3/t18-,21+,25?,29+/m1/s1. The van der Waals surface area contributed by atoms with Crippen molar-refractivity contribution in [1.29, 1.82) is 0 Å². The Bertz CT molecular complexity index is 1230. The molecule has 10 heteroatoms. The molecule has 3 saturated heterocycles. The Morgan fingerprint density at radius 1 is 1.21 bits per heavy atom. The predicted molar refractivity (Wildman–Crippen MR) is 148 cm³/mol. The normalized spacial score (nSPS) is 27.4. The van der Waals surface area contributed by atoms with Crippen LogP contribution in [0.3, 0.4) is 0 Å². The number of carbonyl (C=O) groups is 1. The Kier molecular flexibility index (Phi) is 7.47. The van der Waals surface area contributed by atoms with E-state index in [2.05, 4.69) is 9.88 Å². The van der Waals surface area contributed by atoms with Crippen molar-refractivity contribution in [2.75, 3.05) is 44.8 Å². The van der Waals surface area contributed by atoms with Gasteiger partial charge in [0.05, 0.1) is 32.9 Å². The first-order valence-electron chi connectivity index (χ1n) is 13.4. The van der Waals surface area contributed by atoms with E-state index < -0.39 is 23.4 Å². The van der Waals surface area contributed by atoms with E-state index in [1.54, 1.807) is 39.0 Å². The summed E-state index contributed by atoms with van der Waals surface area (Å²) in [4.78, 5) is 21.7. The Morgan fingerprint density at radius 3 is 2.56 bits per heavy atom. The number of methoxy groups -OCH3 is 1. The van der Waals surface area contributed by atoms with Gasteiger partial charge < -0.3 is 33.9 Å². The van der Waals surface area contributed by atoms with E-state index in [9.17, 15) is 9.90 Å². The first-order valence-corrected chi connectivity index (χ1v) is 13.8. The van der Waals surface area contributed by atoms with Gasteiger partial charge in [0.15, 0.2) is 23.4 Å². The molecule has 3 aliphatic heterocycles. The zero-order valence-electron chi connectivity index (χ0n) is 23.4. The lowest BCUT2D eigenvalue weighted by molar-refractivity contribution is -0.159. The summed E-state index contributed by atoms with van der Waals surface area (Å²) in [6, 6.07) is 7.75. The van der Waals surface area contributed by atoms with Crippen LogP contribution in [0.5, 0.6) is 11.5 Å². The smallest absolute Gasteiger partial charge is 0.254 e. The van der Waals surface area contributed by atoms with E-state index in [0.717, 1.165) is 16.9 Å². The van der Waals surface area contributed by atoms with Gasteiger partial charge in [-0.3, -0.25) is 4.79 Å². The SMILES string of the molecule is COc1ccc([C@@H]2CN(C(=O)C3COC(C)(C)O3)C[C@@]2(C)[C@@H](C)O)cc1OC1CN(c2cc(Cl)c(C)cn2)C1. The molecule has 1 aromatic heterocycles. The van der Waals surface area contributed by atoms with Gasteiger partial charge in [-0.05, 0) is 57.0 Å². The molecule has 0 radical (unpaired) electrons. The summed E-state index contributed by atoms with van der Waals surface area (Å²) < 4.78 is 23.4. The summed E-state index contributed by atoms with van der Waals surface area (Å²) in [5.41, 5.74) is 1.37. The topological polar surface area (TPSA) is 93.6 Å². The van der Waals surface area contributed by atoms with Crippen LogP contribution in [0.4, 0.5) is 5.82 Å². The van der Waals surface area contributed by atoms with Gasteiger partial charge in [-0.2, -0.15) is 0 Å². The van der Waals surface area contributed by atoms with E-state index in [0.29, 0.717) is 42.7 Å². The number of anilines is 1. The van der Waals surface area contributed by atoms with Crippen LogP contribution in [0.15, 0.2) is 30.5 Å². The second-order valence-electron chi connectivity index (χ2n) is 11.6. The van der Waals surface area contributed by atoms with Crippen molar-refractivity contribution in [2.45, 2.75) is 64.6 Å². The van der Waals surface area contributed by atoms with Gasteiger partial charge in [0, 0.05) is 35.6 Å². The molecule has 0 saturated carbocycles. The minimum Gasteiger partial charge on any atom is -0.493 e. The van der Waals surface area contributed by atoms with Gasteiger partial charge in [-0.15, -0.1) is 0 Å². The Morgan fingerprint density at radius 2 is 1.95 bits per heavy atom. The third-order valence-corrected chi connectivity index (χ3v) is 8.77. The number of halogens is 1. The molecule has 0 spiro atoms. The number of ether oxygens (including phenoxy) is 4. The lowest BCUT2D eigenvalue weighted by Gasteiger charge is -2.40. The van der Waals surface area contributed by atoms with Crippen LogP contribution in [0.2, 0.25) is 5.02 Å². The fraction of sp³-hybridized carbons (Fsp3) is 0.586. The lowest BCUT2D eigenvalue weighted by Crippen LogP contribution is -2.54. The van der Waals surface area contributed by atoms with Crippen molar-refractivity contribution in [1.82, 2.24) is 9.88 Å². The highest BCUT2D eigenvalue weighted by molar-refractivity contribution is 6.31. The highest BCUT2D eigenvalue weighted by Gasteiger charge is 2.50. The Labute approximate surface area is 234 Å². The van der Waals surface area contributed by atoms with Crippen LogP contribution >= 0.6 is 11.6 Å². The number of benzene rings is 1. The van der Waals surface area contributed by atoms with Gasteiger partial charge in [-0.25, -0.2) is 4.98 Å². The third-order valence-electron chi connectivity index (χ3n) is 8.36. The lowest BCUT2D eigenvalue weighted by atomic mass is 9.72. The van der Waals surface area contributed by atoms with E-state index in [4.69, 9.17) is 30.5 Å². The zero-order valence-corrected chi connectivity index (χ0v) is 24.2. The second-order valence-corrected chi connectivity index (χ2v) is 12.0. The quantitative estimate of drug-likeness (QED) is 0.548. The number of carbonyl (C=O) groups excluding carboxylic acids is 1. The molecule has 9 nitrogen and oxygen atoms in total. The average Bonchev–Trinajstić information content (AvgIpc) is 3.42. The minimum atomic E-state index is -0.784. The summed E-state index contributed by atoms with van der Waals surface area (Å²) in [6.07, 6.45) is 0.452. The second kappa shape index (κ2) is 10.4. The van der Waals surface area contributed by atoms with Crippen LogP contribution in [0, 0.1) is 12.3 Å². The molecule has 212 valence electrons. The molecule has 2 aromatic rings. The molecule has 5 rings (SSSR count). The van der Waals surface area contributed by atoms with Gasteiger partial charge in [-0.1, -0.05) is 24.6 Å². The number of aliphatic hydroxyl groups is 1. The summed E-state index contributed by atoms with van der Waals surface area (Å²) in [7, 11) is 1.62. The maximum absolute atomic E-state index is 13.3. The number of hydrogen-bond donors (Lipinski definition) is 1. The highest BCUT2D eigenvalue weighted by Crippen LogP contribution is 2.47. The molecule has 3 aliphatic rings. The van der Waals surface area contributed by atoms with E-state index in [-0.39, 0.29) is 24.5 Å². The number of aryl methyl sites for hydroxylation is 1. The Balaban J connectivity index is 1.32. The fourth-order valence-corrected chi connectivity index (χ4v) is 5.79. The van der Waals surface area contributed by atoms with Crippen LogP contribution in [0.1, 0.15) is 44.7 Å². The molecular formula is C29H38ClN3O6. The van der Waals surface area contributed by atoms with Gasteiger partial charge in [0.25, 0.3) is 5.91 Å². The Hall–Kier alpha value is -2.59. The minimum absolute atomic E-state index is 0.0382. The monoisotopic (exact) mass is 559 g/mol. The molecular weight excluding hydrogens is 522 g/mol. The van der Waals surface area contributed by atoms with Crippen LogP contribution in [-0.2, 0) is 14.3 Å². The summed E-state index contributed by atoms with van der Waals surface area (Å²) >= 11 is 6.28. The number of rotatable bonds is 7. The maximum atomic E-state index is 13.3.